The predicted molar refractivity (Wildman–Crippen MR) is 123 cm³/mol. The number of benzene rings is 3. The van der Waals surface area contributed by atoms with Crippen LogP contribution in [-0.2, 0) is 48.0 Å². The predicted octanol–water partition coefficient (Wildman–Crippen LogP) is 4.70. The Bertz CT molecular complexity index is 973. The minimum atomic E-state index is -2.43. The molecule has 0 spiro atoms. The number of esters is 2. The van der Waals surface area contributed by atoms with Crippen LogP contribution in [0.5, 0.6) is 0 Å². The average molecular weight is 466 g/mol. The number of ether oxygens (including phenoxy) is 2. The van der Waals surface area contributed by atoms with E-state index in [9.17, 15) is 14.2 Å². The highest BCUT2D eigenvalue weighted by atomic mass is 31.1. The van der Waals surface area contributed by atoms with Crippen molar-refractivity contribution in [2.75, 3.05) is 0 Å². The molecule has 8 heteroatoms. The van der Waals surface area contributed by atoms with E-state index in [1.54, 1.807) is 0 Å². The lowest BCUT2D eigenvalue weighted by molar-refractivity contribution is -0.153. The Morgan fingerprint density at radius 3 is 1.67 bits per heavy atom. The summed E-state index contributed by atoms with van der Waals surface area (Å²) in [6, 6.07) is 26.3. The Hall–Kier alpha value is -3.38. The van der Waals surface area contributed by atoms with Crippen molar-refractivity contribution < 1.29 is 28.2 Å². The molecular formula is C25H25NO6P+. The maximum absolute atomic E-state index is 12.7. The summed E-state index contributed by atoms with van der Waals surface area (Å²) in [5, 5.41) is 2.56. The number of carbonyl (C=O) groups excluding carboxylic acids is 2. The van der Waals surface area contributed by atoms with E-state index < -0.39 is 26.2 Å². The topological polar surface area (TPSA) is 90.9 Å². The molecule has 0 saturated carbocycles. The first-order valence-electron chi connectivity index (χ1n) is 10.4. The number of hydrogen-bond donors (Lipinski definition) is 1. The van der Waals surface area contributed by atoms with Crippen molar-refractivity contribution in [1.29, 1.82) is 0 Å². The van der Waals surface area contributed by atoms with Gasteiger partial charge in [-0.05, 0) is 21.3 Å². The third-order valence-corrected chi connectivity index (χ3v) is 5.46. The molecule has 0 bridgehead atoms. The third kappa shape index (κ3) is 8.94. The fourth-order valence-electron chi connectivity index (χ4n) is 2.85. The lowest BCUT2D eigenvalue weighted by atomic mass is 10.2. The first-order chi connectivity index (χ1) is 16.1. The standard InChI is InChI=1S/C25H25NO6P/c27-24(30-17-20-10-4-1-5-11-20)16-23(25(28)31-18-21-12-6-2-7-13-21)26-33(29)32-19-22-14-8-3-9-15-22/h1-15,23H,16-19H2,(H,26,29)/q+1/t23-/m0/s1. The van der Waals surface area contributed by atoms with Crippen molar-refractivity contribution >= 4 is 20.1 Å². The summed E-state index contributed by atoms with van der Waals surface area (Å²) in [6.07, 6.45) is -0.351. The van der Waals surface area contributed by atoms with Crippen LogP contribution in [0.3, 0.4) is 0 Å². The summed E-state index contributed by atoms with van der Waals surface area (Å²) in [5.41, 5.74) is 2.44. The molecule has 0 aliphatic carbocycles. The van der Waals surface area contributed by atoms with Crippen LogP contribution in [0.4, 0.5) is 0 Å². The van der Waals surface area contributed by atoms with Gasteiger partial charge in [0.1, 0.15) is 19.8 Å². The van der Waals surface area contributed by atoms with Gasteiger partial charge >= 0.3 is 20.1 Å². The van der Waals surface area contributed by atoms with Gasteiger partial charge in [-0.25, -0.2) is 0 Å². The quantitative estimate of drug-likeness (QED) is 0.306. The monoisotopic (exact) mass is 466 g/mol. The van der Waals surface area contributed by atoms with Crippen LogP contribution in [-0.4, -0.2) is 18.0 Å². The molecule has 0 amide bonds. The molecule has 3 aromatic carbocycles. The van der Waals surface area contributed by atoms with Crippen LogP contribution in [0.25, 0.3) is 0 Å². The summed E-state index contributed by atoms with van der Waals surface area (Å²) < 4.78 is 28.3. The molecule has 0 fully saturated rings. The SMILES string of the molecule is O=C(C[C@H](N[P+](=O)OCc1ccccc1)C(=O)OCc1ccccc1)OCc1ccccc1. The highest BCUT2D eigenvalue weighted by Gasteiger charge is 2.33. The molecule has 7 nitrogen and oxygen atoms in total. The molecule has 0 radical (unpaired) electrons. The lowest BCUT2D eigenvalue weighted by Gasteiger charge is -2.12. The van der Waals surface area contributed by atoms with Crippen molar-refractivity contribution in [1.82, 2.24) is 5.09 Å². The summed E-state index contributed by atoms with van der Waals surface area (Å²) in [6.45, 7) is 0.188. The van der Waals surface area contributed by atoms with Crippen LogP contribution in [0.2, 0.25) is 0 Å². The van der Waals surface area contributed by atoms with Gasteiger partial charge in [0.15, 0.2) is 6.04 Å². The van der Waals surface area contributed by atoms with Crippen molar-refractivity contribution in [3.05, 3.63) is 108 Å². The van der Waals surface area contributed by atoms with Gasteiger partial charge in [0.25, 0.3) is 0 Å². The summed E-state index contributed by atoms with van der Waals surface area (Å²) in [4.78, 5) is 25.0. The van der Waals surface area contributed by atoms with E-state index >= 15 is 0 Å². The van der Waals surface area contributed by atoms with Gasteiger partial charge in [-0.15, -0.1) is 4.52 Å². The minimum Gasteiger partial charge on any atom is -0.461 e. The second-order valence-corrected chi connectivity index (χ2v) is 8.17. The van der Waals surface area contributed by atoms with Gasteiger partial charge in [0.05, 0.1) is 6.42 Å². The molecule has 1 unspecified atom stereocenters. The Balaban J connectivity index is 1.56. The Kier molecular flexibility index (Phi) is 9.73. The van der Waals surface area contributed by atoms with E-state index in [1.165, 1.54) is 0 Å². The zero-order valence-electron chi connectivity index (χ0n) is 18.0. The van der Waals surface area contributed by atoms with Crippen molar-refractivity contribution in [2.24, 2.45) is 0 Å². The molecule has 33 heavy (non-hydrogen) atoms. The van der Waals surface area contributed by atoms with Crippen LogP contribution in [0.1, 0.15) is 23.1 Å². The molecule has 0 aliphatic heterocycles. The molecule has 1 N–H and O–H groups in total. The van der Waals surface area contributed by atoms with E-state index in [2.05, 4.69) is 5.09 Å². The minimum absolute atomic E-state index is 0.0264. The van der Waals surface area contributed by atoms with Gasteiger partial charge in [-0.2, -0.15) is 0 Å². The van der Waals surface area contributed by atoms with E-state index in [0.29, 0.717) is 0 Å². The molecule has 0 heterocycles. The van der Waals surface area contributed by atoms with Gasteiger partial charge in [0.2, 0.25) is 0 Å². The molecule has 0 aliphatic rings. The number of carbonyl (C=O) groups is 2. The second kappa shape index (κ2) is 13.2. The van der Waals surface area contributed by atoms with E-state index in [0.717, 1.165) is 16.7 Å². The number of hydrogen-bond acceptors (Lipinski definition) is 6. The maximum atomic E-state index is 12.7. The van der Waals surface area contributed by atoms with E-state index in [1.807, 2.05) is 91.0 Å². The molecule has 0 saturated heterocycles. The molecular weight excluding hydrogens is 441 g/mol. The van der Waals surface area contributed by atoms with E-state index in [4.69, 9.17) is 14.0 Å². The lowest BCUT2D eigenvalue weighted by Crippen LogP contribution is -2.36. The highest BCUT2D eigenvalue weighted by Crippen LogP contribution is 2.22. The summed E-state index contributed by atoms with van der Waals surface area (Å²) in [5.74, 6) is -1.35. The zero-order chi connectivity index (χ0) is 23.3. The first kappa shape index (κ1) is 24.3. The van der Waals surface area contributed by atoms with Gasteiger partial charge in [0, 0.05) is 0 Å². The molecule has 0 aromatic heterocycles. The summed E-state index contributed by atoms with van der Waals surface area (Å²) >= 11 is 0. The average Bonchev–Trinajstić information content (AvgIpc) is 2.86. The fourth-order valence-corrected chi connectivity index (χ4v) is 3.64. The van der Waals surface area contributed by atoms with Gasteiger partial charge in [-0.3, -0.25) is 9.59 Å². The molecule has 3 rings (SSSR count). The fraction of sp³-hybridized carbons (Fsp3) is 0.200. The first-order valence-corrected chi connectivity index (χ1v) is 11.6. The van der Waals surface area contributed by atoms with E-state index in [-0.39, 0.29) is 26.2 Å². The Labute approximate surface area is 193 Å². The van der Waals surface area contributed by atoms with Crippen molar-refractivity contribution in [2.45, 2.75) is 32.3 Å². The van der Waals surface area contributed by atoms with Gasteiger partial charge < -0.3 is 9.47 Å². The third-order valence-electron chi connectivity index (χ3n) is 4.57. The van der Waals surface area contributed by atoms with Crippen LogP contribution in [0.15, 0.2) is 91.0 Å². The molecule has 170 valence electrons. The molecule has 3 aromatic rings. The maximum Gasteiger partial charge on any atom is 0.614 e. The largest absolute Gasteiger partial charge is 0.614 e. The second-order valence-electron chi connectivity index (χ2n) is 7.14. The normalized spacial score (nSPS) is 11.9. The Morgan fingerprint density at radius 1 is 0.697 bits per heavy atom. The summed E-state index contributed by atoms with van der Waals surface area (Å²) in [7, 11) is -2.43. The molecule has 2 atom stereocenters. The van der Waals surface area contributed by atoms with Crippen LogP contribution in [0, 0.1) is 0 Å². The van der Waals surface area contributed by atoms with Crippen molar-refractivity contribution in [3.63, 3.8) is 0 Å². The number of rotatable bonds is 12. The van der Waals surface area contributed by atoms with Crippen LogP contribution < -0.4 is 5.09 Å². The number of nitrogens with one attached hydrogen (secondary N) is 1. The van der Waals surface area contributed by atoms with Crippen molar-refractivity contribution in [3.8, 4) is 0 Å². The Morgan fingerprint density at radius 2 is 1.15 bits per heavy atom. The smallest absolute Gasteiger partial charge is 0.461 e. The van der Waals surface area contributed by atoms with Gasteiger partial charge in [-0.1, -0.05) is 96.1 Å². The highest BCUT2D eigenvalue weighted by molar-refractivity contribution is 7.36. The van der Waals surface area contributed by atoms with Crippen LogP contribution >= 0.6 is 8.18 Å². The zero-order valence-corrected chi connectivity index (χ0v) is 18.9.